The molecule has 3 amide bonds. The lowest BCUT2D eigenvalue weighted by Crippen LogP contribution is -2.54. The van der Waals surface area contributed by atoms with E-state index in [1.807, 2.05) is 32.9 Å². The lowest BCUT2D eigenvalue weighted by atomic mass is 9.89. The van der Waals surface area contributed by atoms with Crippen molar-refractivity contribution in [1.29, 1.82) is 0 Å². The molecule has 12 nitrogen and oxygen atoms in total. The van der Waals surface area contributed by atoms with Crippen LogP contribution in [0.1, 0.15) is 84.6 Å². The largest absolute Gasteiger partial charge is 0.479 e. The Morgan fingerprint density at radius 2 is 1.89 bits per heavy atom. The van der Waals surface area contributed by atoms with Crippen LogP contribution < -0.4 is 10.6 Å². The molecule has 4 atom stereocenters. The number of ether oxygens (including phenoxy) is 1. The number of rotatable bonds is 14. The monoisotopic (exact) mass is 660 g/mol. The van der Waals surface area contributed by atoms with E-state index in [0.717, 1.165) is 32.1 Å². The van der Waals surface area contributed by atoms with Gasteiger partial charge >= 0.3 is 12.1 Å². The summed E-state index contributed by atoms with van der Waals surface area (Å²) in [6.07, 6.45) is 8.74. The van der Waals surface area contributed by atoms with Gasteiger partial charge in [0, 0.05) is 24.4 Å². The highest BCUT2D eigenvalue weighted by molar-refractivity contribution is 7.89. The third-order valence-corrected chi connectivity index (χ3v) is 11.0. The van der Waals surface area contributed by atoms with Crippen LogP contribution in [0.3, 0.4) is 0 Å². The Morgan fingerprint density at radius 1 is 1.15 bits per heavy atom. The van der Waals surface area contributed by atoms with Crippen molar-refractivity contribution in [3.63, 3.8) is 0 Å². The first kappa shape index (κ1) is 35.4. The molecule has 13 heteroatoms. The van der Waals surface area contributed by atoms with Crippen LogP contribution in [-0.2, 0) is 35.7 Å². The Bertz CT molecular complexity index is 1440. The van der Waals surface area contributed by atoms with E-state index in [9.17, 15) is 32.7 Å². The maximum absolute atomic E-state index is 13.2. The minimum Gasteiger partial charge on any atom is -0.479 e. The number of unbranched alkanes of at least 4 members (excludes halogenated alkanes) is 4. The van der Waals surface area contributed by atoms with Gasteiger partial charge in [-0.1, -0.05) is 77.3 Å². The smallest absolute Gasteiger partial charge is 0.407 e. The fourth-order valence-electron chi connectivity index (χ4n) is 6.11. The van der Waals surface area contributed by atoms with E-state index in [2.05, 4.69) is 17.6 Å². The summed E-state index contributed by atoms with van der Waals surface area (Å²) in [5.74, 6) is -2.41. The lowest BCUT2D eigenvalue weighted by Gasteiger charge is -2.33. The predicted octanol–water partition coefficient (Wildman–Crippen LogP) is 3.81. The molecule has 1 saturated carbocycles. The molecular formula is C33H48N4O8S. The fraction of sp³-hybridized carbons (Fsp3) is 0.636. The summed E-state index contributed by atoms with van der Waals surface area (Å²) in [6, 6.07) is 5.90. The fourth-order valence-corrected chi connectivity index (χ4v) is 7.74. The Labute approximate surface area is 272 Å². The minimum absolute atomic E-state index is 0.0589. The number of carbonyl (C=O) groups excluding carboxylic acids is 3. The normalized spacial score (nSPS) is 24.4. The van der Waals surface area contributed by atoms with Crippen LogP contribution >= 0.6 is 0 Å². The molecule has 0 aromatic heterocycles. The number of carboxylic acids is 1. The van der Waals surface area contributed by atoms with Crippen molar-refractivity contribution < 1.29 is 37.4 Å². The first-order valence-electron chi connectivity index (χ1n) is 16.2. The van der Waals surface area contributed by atoms with Crippen molar-refractivity contribution in [1.82, 2.24) is 19.8 Å². The number of aliphatic carboxylic acids is 1. The first-order chi connectivity index (χ1) is 21.7. The molecule has 3 N–H and O–H groups in total. The van der Waals surface area contributed by atoms with Crippen LogP contribution in [0.5, 0.6) is 0 Å². The summed E-state index contributed by atoms with van der Waals surface area (Å²) in [6.45, 7) is 7.62. The average Bonchev–Trinajstić information content (AvgIpc) is 3.34. The number of alkyl carbamates (subject to hydrolysis) is 1. The number of hydrogen-bond donors (Lipinski definition) is 3. The van der Waals surface area contributed by atoms with Crippen LogP contribution in [0.4, 0.5) is 4.79 Å². The molecule has 2 aliphatic heterocycles. The number of carbonyl (C=O) groups is 4. The zero-order valence-electron chi connectivity index (χ0n) is 27.3. The van der Waals surface area contributed by atoms with E-state index in [0.29, 0.717) is 31.4 Å². The van der Waals surface area contributed by atoms with Crippen LogP contribution in [0.25, 0.3) is 0 Å². The standard InChI is InChI=1S/C33H48N4O8S/c1-5-6-7-8-9-10-15-24-19-33(24,30(40)41)35-29(39)25-16-13-18-37(25)28(38)20-34-31(42)45-27(32(2,3)4)22-36-21-23-14-11-12-17-26(23)46(36,43)44/h10-12,14-15,17,24-25,27H,5-9,13,16,18-22H2,1-4H3,(H,34,42)(H,35,39)(H,40,41)/b15-10-/t24?,25-,27?,33+/m0/s1. The van der Waals surface area contributed by atoms with Gasteiger partial charge in [0.2, 0.25) is 21.8 Å². The molecule has 1 aliphatic carbocycles. The number of allylic oxidation sites excluding steroid dienone is 1. The van der Waals surface area contributed by atoms with Gasteiger partial charge in [-0.3, -0.25) is 9.59 Å². The van der Waals surface area contributed by atoms with E-state index < -0.39 is 63.5 Å². The quantitative estimate of drug-likeness (QED) is 0.201. The summed E-state index contributed by atoms with van der Waals surface area (Å²) in [5.41, 5.74) is -1.31. The lowest BCUT2D eigenvalue weighted by molar-refractivity contribution is -0.145. The summed E-state index contributed by atoms with van der Waals surface area (Å²) >= 11 is 0. The number of benzene rings is 1. The minimum atomic E-state index is -3.73. The predicted molar refractivity (Wildman–Crippen MR) is 171 cm³/mol. The SMILES string of the molecule is CCCCCC/C=C\C1C[C@]1(NC(=O)[C@@H]1CCCN1C(=O)CNC(=O)OC(CN1Cc2ccccc2S1(=O)=O)C(C)(C)C)C(=O)O. The van der Waals surface area contributed by atoms with E-state index in [1.54, 1.807) is 24.3 Å². The van der Waals surface area contributed by atoms with E-state index in [4.69, 9.17) is 4.74 Å². The third kappa shape index (κ3) is 8.09. The van der Waals surface area contributed by atoms with Crippen LogP contribution in [-0.4, -0.2) is 83.9 Å². The van der Waals surface area contributed by atoms with Gasteiger partial charge in [0.25, 0.3) is 0 Å². The van der Waals surface area contributed by atoms with Crippen molar-refractivity contribution >= 4 is 33.9 Å². The zero-order chi connectivity index (χ0) is 33.7. The number of hydrogen-bond acceptors (Lipinski definition) is 7. The number of likely N-dealkylation sites (tertiary alicyclic amines) is 1. The highest BCUT2D eigenvalue weighted by atomic mass is 32.2. The van der Waals surface area contributed by atoms with Crippen molar-refractivity contribution in [2.24, 2.45) is 11.3 Å². The first-order valence-corrected chi connectivity index (χ1v) is 17.7. The molecule has 3 aliphatic rings. The van der Waals surface area contributed by atoms with Crippen molar-refractivity contribution in [3.8, 4) is 0 Å². The van der Waals surface area contributed by atoms with Crippen LogP contribution in [0.15, 0.2) is 41.3 Å². The van der Waals surface area contributed by atoms with Crippen molar-refractivity contribution in [3.05, 3.63) is 42.0 Å². The number of sulfonamides is 1. The number of carboxylic acid groups (broad SMARTS) is 1. The number of amides is 3. The van der Waals surface area contributed by atoms with Gasteiger partial charge < -0.3 is 25.4 Å². The zero-order valence-corrected chi connectivity index (χ0v) is 28.1. The summed E-state index contributed by atoms with van der Waals surface area (Å²) in [4.78, 5) is 53.0. The Hall–Kier alpha value is -3.45. The molecule has 2 fully saturated rings. The third-order valence-electron chi connectivity index (χ3n) is 9.12. The average molecular weight is 661 g/mol. The van der Waals surface area contributed by atoms with Gasteiger partial charge in [0.15, 0.2) is 0 Å². The van der Waals surface area contributed by atoms with E-state index >= 15 is 0 Å². The molecule has 1 aromatic carbocycles. The summed E-state index contributed by atoms with van der Waals surface area (Å²) in [7, 11) is -3.73. The molecule has 254 valence electrons. The summed E-state index contributed by atoms with van der Waals surface area (Å²) in [5, 5.41) is 15.1. The molecule has 1 saturated heterocycles. The number of nitrogens with zero attached hydrogens (tertiary/aromatic N) is 2. The highest BCUT2D eigenvalue weighted by Crippen LogP contribution is 2.45. The van der Waals surface area contributed by atoms with E-state index in [-0.39, 0.29) is 23.9 Å². The van der Waals surface area contributed by atoms with Crippen molar-refractivity contribution in [2.75, 3.05) is 19.6 Å². The molecule has 2 unspecified atom stereocenters. The molecule has 4 rings (SSSR count). The van der Waals surface area contributed by atoms with Gasteiger partial charge in [-0.05, 0) is 43.7 Å². The van der Waals surface area contributed by atoms with E-state index in [1.165, 1.54) is 9.21 Å². The van der Waals surface area contributed by atoms with Gasteiger partial charge in [-0.25, -0.2) is 18.0 Å². The maximum Gasteiger partial charge on any atom is 0.407 e. The second-order valence-electron chi connectivity index (χ2n) is 13.6. The topological polar surface area (TPSA) is 162 Å². The van der Waals surface area contributed by atoms with Gasteiger partial charge in [-0.2, -0.15) is 4.31 Å². The second kappa shape index (κ2) is 14.5. The molecule has 0 bridgehead atoms. The molecular weight excluding hydrogens is 612 g/mol. The molecule has 0 spiro atoms. The second-order valence-corrected chi connectivity index (χ2v) is 15.5. The molecule has 1 aromatic rings. The highest BCUT2D eigenvalue weighted by Gasteiger charge is 2.61. The Kier molecular flexibility index (Phi) is 11.2. The summed E-state index contributed by atoms with van der Waals surface area (Å²) < 4.78 is 33.1. The number of nitrogens with one attached hydrogen (secondary N) is 2. The van der Waals surface area contributed by atoms with Crippen molar-refractivity contribution in [2.45, 2.75) is 108 Å². The van der Waals surface area contributed by atoms with Crippen LogP contribution in [0.2, 0.25) is 0 Å². The molecule has 0 radical (unpaired) electrons. The number of fused-ring (bicyclic) bond motifs is 1. The Morgan fingerprint density at radius 3 is 2.57 bits per heavy atom. The van der Waals surface area contributed by atoms with Gasteiger partial charge in [-0.15, -0.1) is 0 Å². The van der Waals surface area contributed by atoms with Gasteiger partial charge in [0.05, 0.1) is 11.4 Å². The Balaban J connectivity index is 1.29. The molecule has 2 heterocycles. The molecule has 46 heavy (non-hydrogen) atoms. The van der Waals surface area contributed by atoms with Crippen LogP contribution in [0, 0.1) is 11.3 Å². The maximum atomic E-state index is 13.2. The van der Waals surface area contributed by atoms with Gasteiger partial charge in [0.1, 0.15) is 24.2 Å².